The summed E-state index contributed by atoms with van der Waals surface area (Å²) in [6, 6.07) is 21.6. The molecule has 1 aromatic heterocycles. The number of benzene rings is 4. The van der Waals surface area contributed by atoms with Crippen LogP contribution in [0.25, 0.3) is 5.69 Å². The third kappa shape index (κ3) is 6.36. The standard InChI is InChI=1S/C33H22F8N2O/c34-26-17-24(16-25(18-26)32(36,37)38)31(20-21-7-2-1-3-8-21,23-9-6-10-27(19-23)43-13-4-5-14-43)42-30(44)22-11-12-29(35)28(15-22)33(39,40)41/h1-19H,20H2,(H,42,44). The number of aromatic nitrogens is 1. The van der Waals surface area contributed by atoms with E-state index in [0.717, 1.165) is 12.1 Å². The number of rotatable bonds is 7. The topological polar surface area (TPSA) is 34.0 Å². The van der Waals surface area contributed by atoms with Crippen molar-refractivity contribution in [2.24, 2.45) is 0 Å². The van der Waals surface area contributed by atoms with Crippen LogP contribution >= 0.6 is 0 Å². The van der Waals surface area contributed by atoms with Gasteiger partial charge in [-0.1, -0.05) is 42.5 Å². The van der Waals surface area contributed by atoms with Crippen molar-refractivity contribution in [2.75, 3.05) is 0 Å². The number of amides is 1. The Kier molecular flexibility index (Phi) is 8.07. The lowest BCUT2D eigenvalue weighted by atomic mass is 9.77. The van der Waals surface area contributed by atoms with E-state index in [1.807, 2.05) is 0 Å². The Labute approximate surface area is 246 Å². The van der Waals surface area contributed by atoms with Gasteiger partial charge in [0, 0.05) is 30.1 Å². The molecule has 5 aromatic rings. The monoisotopic (exact) mass is 614 g/mol. The van der Waals surface area contributed by atoms with Crippen molar-refractivity contribution >= 4 is 5.91 Å². The molecule has 0 radical (unpaired) electrons. The van der Waals surface area contributed by atoms with Crippen molar-refractivity contribution in [2.45, 2.75) is 24.3 Å². The van der Waals surface area contributed by atoms with Crippen molar-refractivity contribution in [3.05, 3.63) is 161 Å². The highest BCUT2D eigenvalue weighted by molar-refractivity contribution is 5.95. The Morgan fingerprint density at radius 2 is 1.34 bits per heavy atom. The van der Waals surface area contributed by atoms with Crippen LogP contribution in [0.15, 0.2) is 116 Å². The second kappa shape index (κ2) is 11.6. The SMILES string of the molecule is O=C(NC(Cc1ccccc1)(c1cccc(-n2cccc2)c1)c1cc(F)cc(C(F)(F)F)c1)c1ccc(F)c(C(F)(F)F)c1. The van der Waals surface area contributed by atoms with Gasteiger partial charge in [0.05, 0.1) is 16.7 Å². The Bertz CT molecular complexity index is 1780. The molecule has 1 atom stereocenters. The van der Waals surface area contributed by atoms with E-state index < -0.39 is 52.1 Å². The summed E-state index contributed by atoms with van der Waals surface area (Å²) in [7, 11) is 0. The summed E-state index contributed by atoms with van der Waals surface area (Å²) in [5.41, 5.74) is -4.66. The number of nitrogens with one attached hydrogen (secondary N) is 1. The summed E-state index contributed by atoms with van der Waals surface area (Å²) in [5.74, 6) is -4.01. The summed E-state index contributed by atoms with van der Waals surface area (Å²) in [5, 5.41) is 2.63. The van der Waals surface area contributed by atoms with Gasteiger partial charge in [0.1, 0.15) is 11.6 Å². The predicted molar refractivity (Wildman–Crippen MR) is 147 cm³/mol. The molecule has 5 rings (SSSR count). The van der Waals surface area contributed by atoms with E-state index >= 15 is 0 Å². The van der Waals surface area contributed by atoms with Crippen molar-refractivity contribution < 1.29 is 39.9 Å². The normalized spacial score (nSPS) is 13.4. The third-order valence-electron chi connectivity index (χ3n) is 7.13. The molecule has 1 unspecified atom stereocenters. The van der Waals surface area contributed by atoms with Gasteiger partial charge in [0.25, 0.3) is 5.91 Å². The van der Waals surface area contributed by atoms with Gasteiger partial charge in [-0.15, -0.1) is 0 Å². The molecular formula is C33H22F8N2O. The fraction of sp³-hybridized carbons (Fsp3) is 0.121. The van der Waals surface area contributed by atoms with Crippen LogP contribution in [-0.2, 0) is 24.3 Å². The molecule has 0 aliphatic rings. The maximum Gasteiger partial charge on any atom is 0.419 e. The van der Waals surface area contributed by atoms with Crippen LogP contribution in [0, 0.1) is 11.6 Å². The van der Waals surface area contributed by atoms with Crippen molar-refractivity contribution in [3.63, 3.8) is 0 Å². The molecule has 1 amide bonds. The molecule has 1 heterocycles. The van der Waals surface area contributed by atoms with Gasteiger partial charge in [-0.25, -0.2) is 8.78 Å². The first kappa shape index (κ1) is 30.5. The van der Waals surface area contributed by atoms with E-state index in [0.29, 0.717) is 35.5 Å². The molecule has 0 fully saturated rings. The number of carbonyl (C=O) groups excluding carboxylic acids is 1. The molecule has 11 heteroatoms. The second-order valence-corrected chi connectivity index (χ2v) is 10.1. The first-order valence-electron chi connectivity index (χ1n) is 13.1. The number of carbonyl (C=O) groups is 1. The van der Waals surface area contributed by atoms with Crippen LogP contribution in [0.5, 0.6) is 0 Å². The molecule has 4 aromatic carbocycles. The average molecular weight is 615 g/mol. The highest BCUT2D eigenvalue weighted by atomic mass is 19.4. The van der Waals surface area contributed by atoms with E-state index in [1.54, 1.807) is 77.6 Å². The minimum absolute atomic E-state index is 0.206. The highest BCUT2D eigenvalue weighted by Crippen LogP contribution is 2.39. The largest absolute Gasteiger partial charge is 0.419 e. The Morgan fingerprint density at radius 1 is 0.659 bits per heavy atom. The first-order chi connectivity index (χ1) is 20.8. The zero-order valence-electron chi connectivity index (χ0n) is 22.6. The summed E-state index contributed by atoms with van der Waals surface area (Å²) in [4.78, 5) is 13.7. The zero-order chi connectivity index (χ0) is 31.7. The Morgan fingerprint density at radius 3 is 2.00 bits per heavy atom. The molecule has 0 aliphatic carbocycles. The van der Waals surface area contributed by atoms with Gasteiger partial charge < -0.3 is 9.88 Å². The number of hydrogen-bond acceptors (Lipinski definition) is 1. The lowest BCUT2D eigenvalue weighted by molar-refractivity contribution is -0.140. The summed E-state index contributed by atoms with van der Waals surface area (Å²) < 4.78 is 113. The highest BCUT2D eigenvalue weighted by Gasteiger charge is 2.41. The summed E-state index contributed by atoms with van der Waals surface area (Å²) in [6.07, 6.45) is -6.92. The fourth-order valence-corrected chi connectivity index (χ4v) is 5.05. The zero-order valence-corrected chi connectivity index (χ0v) is 22.6. The van der Waals surface area contributed by atoms with Crippen LogP contribution in [-0.4, -0.2) is 10.5 Å². The maximum atomic E-state index is 15.0. The Balaban J connectivity index is 1.78. The van der Waals surface area contributed by atoms with Crippen LogP contribution in [0.1, 0.15) is 38.2 Å². The van der Waals surface area contributed by atoms with E-state index in [2.05, 4.69) is 5.32 Å². The summed E-state index contributed by atoms with van der Waals surface area (Å²) >= 11 is 0. The molecule has 44 heavy (non-hydrogen) atoms. The molecule has 0 spiro atoms. The lowest BCUT2D eigenvalue weighted by Gasteiger charge is -2.37. The number of nitrogens with zero attached hydrogens (tertiary/aromatic N) is 1. The van der Waals surface area contributed by atoms with E-state index in [9.17, 15) is 39.9 Å². The number of halogens is 8. The smallest absolute Gasteiger partial charge is 0.338 e. The molecule has 3 nitrogen and oxygen atoms in total. The van der Waals surface area contributed by atoms with Crippen LogP contribution < -0.4 is 5.32 Å². The quantitative estimate of drug-likeness (QED) is 0.183. The van der Waals surface area contributed by atoms with Gasteiger partial charge in [0.15, 0.2) is 0 Å². The van der Waals surface area contributed by atoms with Crippen molar-refractivity contribution in [3.8, 4) is 5.69 Å². The number of hydrogen-bond donors (Lipinski definition) is 1. The molecule has 226 valence electrons. The molecule has 1 N–H and O–H groups in total. The third-order valence-corrected chi connectivity index (χ3v) is 7.13. The van der Waals surface area contributed by atoms with Gasteiger partial charge in [0.2, 0.25) is 0 Å². The molecule has 0 saturated heterocycles. The lowest BCUT2D eigenvalue weighted by Crippen LogP contribution is -2.49. The van der Waals surface area contributed by atoms with Crippen LogP contribution in [0.2, 0.25) is 0 Å². The van der Waals surface area contributed by atoms with E-state index in [1.165, 1.54) is 6.07 Å². The maximum absolute atomic E-state index is 15.0. The van der Waals surface area contributed by atoms with Gasteiger partial charge in [-0.2, -0.15) is 26.3 Å². The minimum Gasteiger partial charge on any atom is -0.338 e. The van der Waals surface area contributed by atoms with Gasteiger partial charge in [-0.05, 0) is 77.4 Å². The molecule has 0 aliphatic heterocycles. The summed E-state index contributed by atoms with van der Waals surface area (Å²) in [6.45, 7) is 0. The molecule has 0 bridgehead atoms. The number of alkyl halides is 6. The first-order valence-corrected chi connectivity index (χ1v) is 13.1. The second-order valence-electron chi connectivity index (χ2n) is 10.1. The van der Waals surface area contributed by atoms with Crippen molar-refractivity contribution in [1.29, 1.82) is 0 Å². The fourth-order valence-electron chi connectivity index (χ4n) is 5.05. The molecular weight excluding hydrogens is 592 g/mol. The predicted octanol–water partition coefficient (Wildman–Crippen LogP) is 8.71. The van der Waals surface area contributed by atoms with Crippen molar-refractivity contribution in [1.82, 2.24) is 9.88 Å². The van der Waals surface area contributed by atoms with E-state index in [4.69, 9.17) is 0 Å². The minimum atomic E-state index is -5.13. The average Bonchev–Trinajstić information content (AvgIpc) is 3.51. The van der Waals surface area contributed by atoms with Crippen LogP contribution in [0.4, 0.5) is 35.1 Å². The van der Waals surface area contributed by atoms with Gasteiger partial charge in [-0.3, -0.25) is 4.79 Å². The van der Waals surface area contributed by atoms with Gasteiger partial charge >= 0.3 is 12.4 Å². The Hall–Kier alpha value is -4.93. The van der Waals surface area contributed by atoms with Crippen LogP contribution in [0.3, 0.4) is 0 Å². The van der Waals surface area contributed by atoms with E-state index in [-0.39, 0.29) is 17.5 Å². The molecule has 0 saturated carbocycles.